The summed E-state index contributed by atoms with van der Waals surface area (Å²) in [6, 6.07) is 2.40. The first-order chi connectivity index (χ1) is 12.7. The minimum absolute atomic E-state index is 0.321. The van der Waals surface area contributed by atoms with E-state index in [4.69, 9.17) is 0 Å². The molecule has 0 amide bonds. The number of nitrogens with zero attached hydrogens (tertiary/aromatic N) is 4. The van der Waals surface area contributed by atoms with Gasteiger partial charge in [0.25, 0.3) is 0 Å². The predicted molar refractivity (Wildman–Crippen MR) is 105 cm³/mol. The van der Waals surface area contributed by atoms with E-state index in [1.165, 1.54) is 36.4 Å². The highest BCUT2D eigenvalue weighted by molar-refractivity contribution is 7.10. The van der Waals surface area contributed by atoms with E-state index in [2.05, 4.69) is 26.2 Å². The Labute approximate surface area is 160 Å². The highest BCUT2D eigenvalue weighted by Gasteiger charge is 2.28. The van der Waals surface area contributed by atoms with Crippen molar-refractivity contribution in [2.24, 2.45) is 13.0 Å². The minimum atomic E-state index is -0.439. The van der Waals surface area contributed by atoms with Crippen LogP contribution in [-0.4, -0.2) is 50.6 Å². The maximum absolute atomic E-state index is 10.6. The van der Waals surface area contributed by atoms with Gasteiger partial charge in [0.2, 0.25) is 0 Å². The van der Waals surface area contributed by atoms with Crippen LogP contribution in [0.2, 0.25) is 0 Å². The molecule has 0 spiro atoms. The van der Waals surface area contributed by atoms with Gasteiger partial charge in [0.05, 0.1) is 0 Å². The standard InChI is InChI=1S/C20H30N4OS/c1-22-11-6-21-20(22)19(25)17-4-9-24(10-5-17)14-18-12-16(15-26-18)13-23-7-2-3-8-23/h6,11-12,15,17,19,25H,2-5,7-10,13-14H2,1H3/t19-/m0/s1. The molecule has 4 heterocycles. The van der Waals surface area contributed by atoms with Crippen LogP contribution in [0.3, 0.4) is 0 Å². The number of aliphatic hydroxyl groups is 1. The van der Waals surface area contributed by atoms with Gasteiger partial charge in [0.15, 0.2) is 0 Å². The van der Waals surface area contributed by atoms with Crippen molar-refractivity contribution in [3.8, 4) is 0 Å². The molecule has 1 N–H and O–H groups in total. The Bertz CT molecular complexity index is 698. The fourth-order valence-electron chi connectivity index (χ4n) is 4.31. The molecule has 0 bridgehead atoms. The molecule has 0 aromatic carbocycles. The van der Waals surface area contributed by atoms with Crippen LogP contribution in [0.5, 0.6) is 0 Å². The molecular formula is C20H30N4OS. The summed E-state index contributed by atoms with van der Waals surface area (Å²) in [4.78, 5) is 10.9. The zero-order chi connectivity index (χ0) is 17.9. The Morgan fingerprint density at radius 1 is 1.15 bits per heavy atom. The van der Waals surface area contributed by atoms with E-state index >= 15 is 0 Å². The number of hydrogen-bond acceptors (Lipinski definition) is 5. The summed E-state index contributed by atoms with van der Waals surface area (Å²) in [6.07, 6.45) is 8.03. The number of rotatable bonds is 6. The van der Waals surface area contributed by atoms with E-state index in [1.54, 1.807) is 6.20 Å². The highest BCUT2D eigenvalue weighted by Crippen LogP contribution is 2.31. The Balaban J connectivity index is 1.26. The molecule has 4 rings (SSSR count). The average molecular weight is 375 g/mol. The van der Waals surface area contributed by atoms with E-state index < -0.39 is 6.10 Å². The first kappa shape index (κ1) is 18.2. The Hall–Kier alpha value is -1.21. The van der Waals surface area contributed by atoms with E-state index in [0.29, 0.717) is 5.92 Å². The average Bonchev–Trinajstić information content (AvgIpc) is 3.39. The van der Waals surface area contributed by atoms with E-state index in [9.17, 15) is 5.11 Å². The lowest BCUT2D eigenvalue weighted by atomic mass is 9.90. The molecule has 2 fully saturated rings. The van der Waals surface area contributed by atoms with Crippen molar-refractivity contribution >= 4 is 11.3 Å². The molecule has 142 valence electrons. The normalized spacial score (nSPS) is 21.5. The summed E-state index contributed by atoms with van der Waals surface area (Å²) in [5, 5.41) is 13.0. The number of aryl methyl sites for hydroxylation is 1. The fourth-order valence-corrected chi connectivity index (χ4v) is 5.23. The number of imidazole rings is 1. The van der Waals surface area contributed by atoms with Gasteiger partial charge in [0, 0.05) is 37.4 Å². The topological polar surface area (TPSA) is 44.5 Å². The summed E-state index contributed by atoms with van der Waals surface area (Å²) in [5.41, 5.74) is 1.48. The zero-order valence-corrected chi connectivity index (χ0v) is 16.5. The number of aliphatic hydroxyl groups excluding tert-OH is 1. The van der Waals surface area contributed by atoms with Gasteiger partial charge in [-0.2, -0.15) is 0 Å². The summed E-state index contributed by atoms with van der Waals surface area (Å²) in [5.74, 6) is 1.12. The Morgan fingerprint density at radius 2 is 1.88 bits per heavy atom. The molecule has 0 unspecified atom stereocenters. The lowest BCUT2D eigenvalue weighted by Gasteiger charge is -2.33. The molecule has 2 aromatic rings. The van der Waals surface area contributed by atoms with Crippen molar-refractivity contribution in [2.75, 3.05) is 26.2 Å². The molecule has 2 saturated heterocycles. The summed E-state index contributed by atoms with van der Waals surface area (Å²) in [7, 11) is 1.96. The van der Waals surface area contributed by atoms with E-state index in [1.807, 2.05) is 29.1 Å². The van der Waals surface area contributed by atoms with Crippen molar-refractivity contribution in [3.05, 3.63) is 40.1 Å². The molecule has 0 aliphatic carbocycles. The van der Waals surface area contributed by atoms with Gasteiger partial charge in [-0.1, -0.05) is 0 Å². The predicted octanol–water partition coefficient (Wildman–Crippen LogP) is 3.02. The second-order valence-electron chi connectivity index (χ2n) is 7.86. The third-order valence-electron chi connectivity index (χ3n) is 5.89. The van der Waals surface area contributed by atoms with Crippen molar-refractivity contribution in [1.82, 2.24) is 19.4 Å². The monoisotopic (exact) mass is 374 g/mol. The molecule has 26 heavy (non-hydrogen) atoms. The van der Waals surface area contributed by atoms with Crippen LogP contribution < -0.4 is 0 Å². The van der Waals surface area contributed by atoms with Crippen LogP contribution in [0, 0.1) is 5.92 Å². The summed E-state index contributed by atoms with van der Waals surface area (Å²) < 4.78 is 1.94. The molecule has 5 nitrogen and oxygen atoms in total. The van der Waals surface area contributed by atoms with Gasteiger partial charge in [-0.25, -0.2) is 4.98 Å². The van der Waals surface area contributed by atoms with Crippen molar-refractivity contribution < 1.29 is 5.11 Å². The third-order valence-corrected chi connectivity index (χ3v) is 6.86. The minimum Gasteiger partial charge on any atom is -0.385 e. The molecule has 2 aliphatic heterocycles. The molecule has 6 heteroatoms. The van der Waals surface area contributed by atoms with Crippen molar-refractivity contribution in [3.63, 3.8) is 0 Å². The van der Waals surface area contributed by atoms with Crippen molar-refractivity contribution in [2.45, 2.75) is 44.9 Å². The lowest BCUT2D eigenvalue weighted by molar-refractivity contribution is 0.0494. The smallest absolute Gasteiger partial charge is 0.137 e. The Kier molecular flexibility index (Phi) is 5.74. The Morgan fingerprint density at radius 3 is 2.58 bits per heavy atom. The quantitative estimate of drug-likeness (QED) is 0.844. The number of likely N-dealkylation sites (tertiary alicyclic amines) is 2. The van der Waals surface area contributed by atoms with Crippen LogP contribution in [0.4, 0.5) is 0 Å². The van der Waals surface area contributed by atoms with Gasteiger partial charge < -0.3 is 9.67 Å². The van der Waals surface area contributed by atoms with Gasteiger partial charge in [-0.05, 0) is 74.8 Å². The zero-order valence-electron chi connectivity index (χ0n) is 15.7. The lowest BCUT2D eigenvalue weighted by Crippen LogP contribution is -2.35. The van der Waals surface area contributed by atoms with Crippen LogP contribution in [0.1, 0.15) is 48.1 Å². The van der Waals surface area contributed by atoms with Crippen LogP contribution in [0.25, 0.3) is 0 Å². The molecule has 1 atom stereocenters. The first-order valence-corrected chi connectivity index (χ1v) is 10.7. The van der Waals surface area contributed by atoms with E-state index in [-0.39, 0.29) is 0 Å². The number of thiophene rings is 1. The van der Waals surface area contributed by atoms with Gasteiger partial charge in [-0.15, -0.1) is 11.3 Å². The summed E-state index contributed by atoms with van der Waals surface area (Å²) >= 11 is 1.90. The molecule has 0 radical (unpaired) electrons. The maximum atomic E-state index is 10.6. The highest BCUT2D eigenvalue weighted by atomic mass is 32.1. The fraction of sp³-hybridized carbons (Fsp3) is 0.650. The van der Waals surface area contributed by atoms with E-state index in [0.717, 1.165) is 44.8 Å². The van der Waals surface area contributed by atoms with Crippen LogP contribution in [-0.2, 0) is 20.1 Å². The van der Waals surface area contributed by atoms with Gasteiger partial charge >= 0.3 is 0 Å². The summed E-state index contributed by atoms with van der Waals surface area (Å²) in [6.45, 7) is 6.81. The maximum Gasteiger partial charge on any atom is 0.137 e. The first-order valence-electron chi connectivity index (χ1n) is 9.85. The number of piperidine rings is 1. The number of hydrogen-bond donors (Lipinski definition) is 1. The SMILES string of the molecule is Cn1ccnc1[C@@H](O)C1CCN(Cc2cc(CN3CCCC3)cs2)CC1. The van der Waals surface area contributed by atoms with Gasteiger partial charge in [0.1, 0.15) is 11.9 Å². The van der Waals surface area contributed by atoms with Crippen LogP contribution in [0.15, 0.2) is 23.8 Å². The molecule has 0 saturated carbocycles. The molecule has 2 aliphatic rings. The van der Waals surface area contributed by atoms with Gasteiger partial charge in [-0.3, -0.25) is 9.80 Å². The third kappa shape index (κ3) is 4.19. The second-order valence-corrected chi connectivity index (χ2v) is 8.86. The molecular weight excluding hydrogens is 344 g/mol. The second kappa shape index (κ2) is 8.21. The van der Waals surface area contributed by atoms with Crippen LogP contribution >= 0.6 is 11.3 Å². The van der Waals surface area contributed by atoms with Crippen molar-refractivity contribution in [1.29, 1.82) is 0 Å². The molecule has 2 aromatic heterocycles. The largest absolute Gasteiger partial charge is 0.385 e. The number of aromatic nitrogens is 2.